The number of nitrogens with one attached hydrogen (secondary N) is 2. The Kier molecular flexibility index (Phi) is 9.49. The van der Waals surface area contributed by atoms with Crippen LogP contribution in [0.25, 0.3) is 49.7 Å². The fourth-order valence-electron chi connectivity index (χ4n) is 8.96. The van der Waals surface area contributed by atoms with Gasteiger partial charge in [-0.15, -0.1) is 12.0 Å². The molecule has 0 unspecified atom stereocenters. The second kappa shape index (κ2) is 18.3. The first-order valence-corrected chi connectivity index (χ1v) is 22.8. The summed E-state index contributed by atoms with van der Waals surface area (Å²) in [6.07, 6.45) is 25.6. The number of rotatable bonds is 7. The molecule has 3 aliphatic rings. The van der Waals surface area contributed by atoms with Crippen molar-refractivity contribution in [3.63, 3.8) is 0 Å². The van der Waals surface area contributed by atoms with Gasteiger partial charge < -0.3 is 29.7 Å². The molecule has 0 atom stereocenters. The molecule has 5 aromatic carbocycles. The summed E-state index contributed by atoms with van der Waals surface area (Å²) in [7, 11) is 4.30. The quantitative estimate of drug-likeness (QED) is 0.154. The van der Waals surface area contributed by atoms with Crippen molar-refractivity contribution in [3.05, 3.63) is 223 Å². The van der Waals surface area contributed by atoms with Gasteiger partial charge in [-0.1, -0.05) is 98.4 Å². The Hall–Kier alpha value is -8.43. The molecule has 2 N–H and O–H groups in total. The van der Waals surface area contributed by atoms with E-state index in [0.29, 0.717) is 34.4 Å². The number of benzene rings is 5. The molecule has 11 heteroatoms. The summed E-state index contributed by atoms with van der Waals surface area (Å²) < 4.78 is 70.5. The van der Waals surface area contributed by atoms with Crippen LogP contribution in [0.5, 0.6) is 11.6 Å². The molecular formula is C58H50B2N8O. The van der Waals surface area contributed by atoms with Crippen LogP contribution in [0, 0.1) is 0 Å². The Bertz CT molecular complexity index is 3820. The third-order valence-electron chi connectivity index (χ3n) is 12.3. The van der Waals surface area contributed by atoms with E-state index in [9.17, 15) is 0 Å². The zero-order chi connectivity index (χ0) is 52.9. The van der Waals surface area contributed by atoms with E-state index in [1.807, 2.05) is 79.5 Å². The Morgan fingerprint density at radius 1 is 0.681 bits per heavy atom. The van der Waals surface area contributed by atoms with Gasteiger partial charge in [-0.05, 0) is 107 Å². The van der Waals surface area contributed by atoms with Crippen molar-refractivity contribution < 1.29 is 14.3 Å². The van der Waals surface area contributed by atoms with Crippen LogP contribution in [0.2, 0.25) is 0 Å². The van der Waals surface area contributed by atoms with E-state index in [0.717, 1.165) is 49.4 Å². The molecular weight excluding hydrogens is 846 g/mol. The molecule has 9 nitrogen and oxygen atoms in total. The molecule has 0 bridgehead atoms. The third kappa shape index (κ3) is 8.37. The van der Waals surface area contributed by atoms with Crippen molar-refractivity contribution in [2.24, 2.45) is 6.98 Å². The van der Waals surface area contributed by atoms with Gasteiger partial charge in [0.2, 0.25) is 11.8 Å². The molecule has 0 saturated carbocycles. The number of allylic oxidation sites excluding steroid dienone is 8. The average molecular weight is 904 g/mol. The van der Waals surface area contributed by atoms with Gasteiger partial charge in [-0.25, -0.2) is 9.97 Å². The molecule has 0 amide bonds. The fraction of sp³-hybridized carbons (Fsp3) is 0.103. The SMILES string of the molecule is [2H]c1c([2H])c([2H])c2c(c1[2H])c1ccc(Oc3cc(N4CN(c5c(/C6=C/C=C\N/C=C\C=C/[B]6)cc(C(C)(C)C)cc5/C5=C/C=C\N/C=C\C=C/[B]5)c5ccccc54)ccn3)cc1n2-c1nc2ccccc2n1C([2H])([2H])[2H]. The largest absolute Gasteiger partial charge is 0.439 e. The van der Waals surface area contributed by atoms with Crippen molar-refractivity contribution >= 4 is 81.1 Å². The van der Waals surface area contributed by atoms with Crippen molar-refractivity contribution in [2.45, 2.75) is 26.2 Å². The van der Waals surface area contributed by atoms with E-state index >= 15 is 0 Å². The van der Waals surface area contributed by atoms with Gasteiger partial charge in [0.25, 0.3) is 0 Å². The predicted octanol–water partition coefficient (Wildman–Crippen LogP) is 12.8. The smallest absolute Gasteiger partial charge is 0.221 e. The first kappa shape index (κ1) is 35.7. The van der Waals surface area contributed by atoms with Gasteiger partial charge in [0, 0.05) is 70.7 Å². The zero-order valence-corrected chi connectivity index (χ0v) is 38.3. The van der Waals surface area contributed by atoms with E-state index in [-0.39, 0.29) is 40.2 Å². The summed E-state index contributed by atoms with van der Waals surface area (Å²) in [5.74, 6) is 4.69. The number of aromatic nitrogens is 4. The normalized spacial score (nSPS) is 20.8. The maximum absolute atomic E-state index is 9.13. The second-order valence-corrected chi connectivity index (χ2v) is 17.7. The molecule has 334 valence electrons. The fourth-order valence-corrected chi connectivity index (χ4v) is 8.96. The summed E-state index contributed by atoms with van der Waals surface area (Å²) >= 11 is 0. The highest BCUT2D eigenvalue weighted by Crippen LogP contribution is 2.49. The van der Waals surface area contributed by atoms with Crippen LogP contribution in [-0.2, 0) is 12.4 Å². The first-order valence-electron chi connectivity index (χ1n) is 26.3. The maximum Gasteiger partial charge on any atom is 0.221 e. The van der Waals surface area contributed by atoms with Gasteiger partial charge in [0.1, 0.15) is 12.4 Å². The molecule has 11 rings (SSSR count). The summed E-state index contributed by atoms with van der Waals surface area (Å²) in [5, 5.41) is 7.13. The molecule has 2 radical (unpaired) electrons. The lowest BCUT2D eigenvalue weighted by Gasteiger charge is -2.31. The molecule has 0 saturated heterocycles. The van der Waals surface area contributed by atoms with Gasteiger partial charge in [-0.2, -0.15) is 0 Å². The molecule has 8 aromatic rings. The monoisotopic (exact) mass is 903 g/mol. The van der Waals surface area contributed by atoms with Crippen molar-refractivity contribution in [2.75, 3.05) is 16.5 Å². The number of anilines is 4. The minimum Gasteiger partial charge on any atom is -0.439 e. The Morgan fingerprint density at radius 3 is 2.09 bits per heavy atom. The Balaban J connectivity index is 1.04. The minimum absolute atomic E-state index is 0.0337. The molecule has 6 heterocycles. The highest BCUT2D eigenvalue weighted by atomic mass is 16.5. The number of para-hydroxylation sites is 5. The molecule has 0 aliphatic carbocycles. The number of hydrogen-bond donors (Lipinski definition) is 2. The predicted molar refractivity (Wildman–Crippen MR) is 289 cm³/mol. The lowest BCUT2D eigenvalue weighted by atomic mass is 9.62. The molecule has 3 aliphatic heterocycles. The van der Waals surface area contributed by atoms with Crippen LogP contribution in [0.4, 0.5) is 22.7 Å². The number of hydrogen-bond acceptors (Lipinski definition) is 7. The van der Waals surface area contributed by atoms with Gasteiger partial charge in [0.15, 0.2) is 14.6 Å². The van der Waals surface area contributed by atoms with Crippen LogP contribution < -0.4 is 25.2 Å². The highest BCUT2D eigenvalue weighted by molar-refractivity contribution is 6.67. The molecule has 0 fully saturated rings. The molecule has 3 aromatic heterocycles. The average Bonchev–Trinajstić information content (AvgIpc) is 4.27. The number of pyridine rings is 1. The lowest BCUT2D eigenvalue weighted by molar-refractivity contribution is 0.463. The van der Waals surface area contributed by atoms with Gasteiger partial charge in [0.05, 0.1) is 44.6 Å². The molecule has 0 spiro atoms. The Morgan fingerprint density at radius 2 is 1.36 bits per heavy atom. The summed E-state index contributed by atoms with van der Waals surface area (Å²) in [6, 6.07) is 27.4. The van der Waals surface area contributed by atoms with Crippen molar-refractivity contribution in [1.29, 1.82) is 0 Å². The van der Waals surface area contributed by atoms with E-state index < -0.39 is 19.1 Å². The zero-order valence-electron chi connectivity index (χ0n) is 45.3. The number of imidazole rings is 1. The number of fused-ring (bicyclic) bond motifs is 5. The van der Waals surface area contributed by atoms with Crippen molar-refractivity contribution in [3.8, 4) is 17.6 Å². The number of ether oxygens (including phenoxy) is 1. The van der Waals surface area contributed by atoms with Crippen LogP contribution >= 0.6 is 0 Å². The maximum atomic E-state index is 9.13. The highest BCUT2D eigenvalue weighted by Gasteiger charge is 2.33. The van der Waals surface area contributed by atoms with Crippen LogP contribution in [0.3, 0.4) is 0 Å². The summed E-state index contributed by atoms with van der Waals surface area (Å²) in [4.78, 5) is 14.1. The van der Waals surface area contributed by atoms with Crippen molar-refractivity contribution in [1.82, 2.24) is 29.7 Å². The van der Waals surface area contributed by atoms with E-state index in [1.165, 1.54) is 10.1 Å². The van der Waals surface area contributed by atoms with Crippen LogP contribution in [-0.4, -0.2) is 40.3 Å². The van der Waals surface area contributed by atoms with Gasteiger partial charge >= 0.3 is 0 Å². The Labute approximate surface area is 414 Å². The van der Waals surface area contributed by atoms with E-state index in [1.54, 1.807) is 48.7 Å². The third-order valence-corrected chi connectivity index (χ3v) is 12.3. The van der Waals surface area contributed by atoms with Crippen LogP contribution in [0.15, 0.2) is 207 Å². The molecule has 69 heavy (non-hydrogen) atoms. The topological polar surface area (TPSA) is 75.4 Å². The summed E-state index contributed by atoms with van der Waals surface area (Å²) in [5.41, 5.74) is 10.1. The number of aryl methyl sites for hydroxylation is 1. The lowest BCUT2D eigenvalue weighted by Crippen LogP contribution is -2.26. The van der Waals surface area contributed by atoms with Crippen LogP contribution in [0.1, 0.15) is 47.1 Å². The van der Waals surface area contributed by atoms with Gasteiger partial charge in [-0.3, -0.25) is 4.57 Å². The van der Waals surface area contributed by atoms with E-state index in [4.69, 9.17) is 19.3 Å². The standard InChI is InChI=1S/C58H50B2N8O/c1-58(2,3)40-35-45(47-18-15-32-61-30-13-11-28-59-47)56(46(36-40)48-19-16-33-62-31-14-12-29-60-48)67-39-66(52-23-9-10-24-53(52)67)41-27-34-63-55(37-41)69-42-25-26-44-43-17-5-7-21-50(43)68(54(44)38-42)57-64-49-20-6-8-22-51(49)65(57)4/h5-38,61-62H,39H2,1-4H3/b28-11-,29-12-,30-13-,31-14-,32-15-,33-16-,47-18-,48-19-/i4D3,5D,7D,17D,21D. The number of nitrogens with zero attached hydrogens (tertiary/aromatic N) is 6. The minimum atomic E-state index is -2.71. The first-order chi connectivity index (χ1) is 36.7. The summed E-state index contributed by atoms with van der Waals surface area (Å²) in [6.45, 7) is 4.43. The van der Waals surface area contributed by atoms with E-state index in [2.05, 4.69) is 115 Å². The second-order valence-electron chi connectivity index (χ2n) is 17.7.